The second kappa shape index (κ2) is 9.25. The first-order valence-corrected chi connectivity index (χ1v) is 10.3. The lowest BCUT2D eigenvalue weighted by Crippen LogP contribution is -2.40. The molecule has 0 N–H and O–H groups in total. The molecule has 0 unspecified atom stereocenters. The Labute approximate surface area is 162 Å². The molecule has 2 aliphatic heterocycles. The molecule has 0 aromatic heterocycles. The molecule has 1 aromatic rings. The zero-order valence-corrected chi connectivity index (χ0v) is 16.7. The molecule has 0 atom stereocenters. The number of benzene rings is 1. The summed E-state index contributed by atoms with van der Waals surface area (Å²) in [5.74, 6) is 2.12. The molecule has 2 aliphatic rings. The van der Waals surface area contributed by atoms with E-state index in [1.807, 2.05) is 34.1 Å². The quantitative estimate of drug-likeness (QED) is 0.767. The number of ether oxygens (including phenoxy) is 1. The van der Waals surface area contributed by atoms with Gasteiger partial charge >= 0.3 is 0 Å². The van der Waals surface area contributed by atoms with Crippen LogP contribution in [0.3, 0.4) is 0 Å². The summed E-state index contributed by atoms with van der Waals surface area (Å²) in [5, 5.41) is 0. The maximum absolute atomic E-state index is 12.4. The summed E-state index contributed by atoms with van der Waals surface area (Å²) in [7, 11) is 0. The van der Waals surface area contributed by atoms with Crippen LogP contribution < -0.4 is 4.74 Å². The van der Waals surface area contributed by atoms with Gasteiger partial charge in [0, 0.05) is 38.2 Å². The van der Waals surface area contributed by atoms with Crippen LogP contribution in [0, 0.1) is 11.8 Å². The van der Waals surface area contributed by atoms with Gasteiger partial charge in [0.05, 0.1) is 6.61 Å². The molecule has 3 rings (SSSR count). The molecule has 2 saturated heterocycles. The van der Waals surface area contributed by atoms with Crippen LogP contribution in [0.15, 0.2) is 24.3 Å². The maximum Gasteiger partial charge on any atom is 0.253 e. The van der Waals surface area contributed by atoms with Crippen molar-refractivity contribution in [1.82, 2.24) is 9.80 Å². The Balaban J connectivity index is 1.42. The largest absolute Gasteiger partial charge is 0.493 e. The van der Waals surface area contributed by atoms with Gasteiger partial charge in [0.1, 0.15) is 5.75 Å². The van der Waals surface area contributed by atoms with Crippen LogP contribution in [-0.2, 0) is 4.79 Å². The first kappa shape index (κ1) is 19.7. The third-order valence-corrected chi connectivity index (χ3v) is 5.53. The Morgan fingerprint density at radius 3 is 2.22 bits per heavy atom. The summed E-state index contributed by atoms with van der Waals surface area (Å²) >= 11 is 0. The van der Waals surface area contributed by atoms with Gasteiger partial charge in [-0.2, -0.15) is 0 Å². The van der Waals surface area contributed by atoms with Gasteiger partial charge in [-0.3, -0.25) is 9.59 Å². The number of carbonyl (C=O) groups excluding carboxylic acids is 2. The number of rotatable bonds is 6. The predicted molar refractivity (Wildman–Crippen MR) is 106 cm³/mol. The second-order valence-electron chi connectivity index (χ2n) is 8.26. The third kappa shape index (κ3) is 5.47. The molecule has 5 heteroatoms. The van der Waals surface area contributed by atoms with E-state index in [1.54, 1.807) is 0 Å². The molecular formula is C22H32N2O3. The minimum Gasteiger partial charge on any atom is -0.493 e. The molecular weight excluding hydrogens is 340 g/mol. The highest BCUT2D eigenvalue weighted by Crippen LogP contribution is 2.22. The van der Waals surface area contributed by atoms with Crippen LogP contribution in [0.4, 0.5) is 0 Å². The van der Waals surface area contributed by atoms with E-state index in [4.69, 9.17) is 4.74 Å². The molecule has 5 nitrogen and oxygen atoms in total. The van der Waals surface area contributed by atoms with Crippen molar-refractivity contribution < 1.29 is 14.3 Å². The Morgan fingerprint density at radius 1 is 1.00 bits per heavy atom. The number of piperidine rings is 1. The minimum absolute atomic E-state index is 0.123. The molecule has 1 aromatic carbocycles. The fraction of sp³-hybridized carbons (Fsp3) is 0.636. The van der Waals surface area contributed by atoms with Gasteiger partial charge in [-0.25, -0.2) is 0 Å². The Hall–Kier alpha value is -2.04. The fourth-order valence-corrected chi connectivity index (χ4v) is 3.84. The maximum atomic E-state index is 12.4. The smallest absolute Gasteiger partial charge is 0.253 e. The van der Waals surface area contributed by atoms with Gasteiger partial charge in [-0.1, -0.05) is 13.8 Å². The molecule has 2 amide bonds. The van der Waals surface area contributed by atoms with Crippen molar-refractivity contribution in [3.05, 3.63) is 29.8 Å². The van der Waals surface area contributed by atoms with Crippen LogP contribution in [0.2, 0.25) is 0 Å². The van der Waals surface area contributed by atoms with Gasteiger partial charge in [-0.05, 0) is 61.8 Å². The monoisotopic (exact) mass is 372 g/mol. The van der Waals surface area contributed by atoms with Gasteiger partial charge < -0.3 is 14.5 Å². The average Bonchev–Trinajstić information content (AvgIpc) is 3.21. The minimum atomic E-state index is 0.123. The average molecular weight is 373 g/mol. The lowest BCUT2D eigenvalue weighted by molar-refractivity contribution is -0.133. The first-order valence-electron chi connectivity index (χ1n) is 10.3. The molecule has 0 radical (unpaired) electrons. The Bertz CT molecular complexity index is 627. The molecule has 0 saturated carbocycles. The molecule has 2 fully saturated rings. The summed E-state index contributed by atoms with van der Waals surface area (Å²) in [6.07, 6.45) is 4.85. The van der Waals surface area contributed by atoms with E-state index >= 15 is 0 Å². The van der Waals surface area contributed by atoms with Crippen molar-refractivity contribution in [3.63, 3.8) is 0 Å². The topological polar surface area (TPSA) is 49.9 Å². The zero-order chi connectivity index (χ0) is 19.2. The van der Waals surface area contributed by atoms with Gasteiger partial charge in [-0.15, -0.1) is 0 Å². The van der Waals surface area contributed by atoms with Crippen molar-refractivity contribution in [2.75, 3.05) is 32.8 Å². The summed E-state index contributed by atoms with van der Waals surface area (Å²) in [6.45, 7) is 8.26. The van der Waals surface area contributed by atoms with Crippen LogP contribution in [-0.4, -0.2) is 54.4 Å². The fourth-order valence-electron chi connectivity index (χ4n) is 3.84. The normalized spacial score (nSPS) is 18.2. The highest BCUT2D eigenvalue weighted by atomic mass is 16.5. The molecule has 148 valence electrons. The van der Waals surface area contributed by atoms with Crippen molar-refractivity contribution in [2.45, 2.75) is 46.0 Å². The summed E-state index contributed by atoms with van der Waals surface area (Å²) in [4.78, 5) is 28.4. The Kier molecular flexibility index (Phi) is 6.75. The molecule has 27 heavy (non-hydrogen) atoms. The van der Waals surface area contributed by atoms with Crippen molar-refractivity contribution in [3.8, 4) is 5.75 Å². The standard InChI is InChI=1S/C22H32N2O3/c1-17(2)15-21(25)23-13-9-18(10-14-23)16-27-20-7-5-19(6-8-20)22(26)24-11-3-4-12-24/h5-8,17-18H,3-4,9-16H2,1-2H3. The molecule has 0 bridgehead atoms. The first-order chi connectivity index (χ1) is 13.0. The number of hydrogen-bond acceptors (Lipinski definition) is 3. The van der Waals surface area contributed by atoms with Crippen LogP contribution in [0.5, 0.6) is 5.75 Å². The summed E-state index contributed by atoms with van der Waals surface area (Å²) in [5.41, 5.74) is 0.737. The van der Waals surface area contributed by atoms with E-state index in [2.05, 4.69) is 13.8 Å². The lowest BCUT2D eigenvalue weighted by atomic mass is 9.97. The number of amides is 2. The van der Waals surface area contributed by atoms with Gasteiger partial charge in [0.15, 0.2) is 0 Å². The van der Waals surface area contributed by atoms with E-state index in [0.29, 0.717) is 24.9 Å². The van der Waals surface area contributed by atoms with Crippen LogP contribution in [0.1, 0.15) is 56.3 Å². The van der Waals surface area contributed by atoms with E-state index in [9.17, 15) is 9.59 Å². The summed E-state index contributed by atoms with van der Waals surface area (Å²) in [6, 6.07) is 7.52. The van der Waals surface area contributed by atoms with Crippen molar-refractivity contribution >= 4 is 11.8 Å². The zero-order valence-electron chi connectivity index (χ0n) is 16.7. The molecule has 2 heterocycles. The van der Waals surface area contributed by atoms with Crippen LogP contribution in [0.25, 0.3) is 0 Å². The van der Waals surface area contributed by atoms with Gasteiger partial charge in [0.2, 0.25) is 5.91 Å². The van der Waals surface area contributed by atoms with Crippen LogP contribution >= 0.6 is 0 Å². The van der Waals surface area contributed by atoms with Gasteiger partial charge in [0.25, 0.3) is 5.91 Å². The van der Waals surface area contributed by atoms with Crippen molar-refractivity contribution in [1.29, 1.82) is 0 Å². The number of carbonyl (C=O) groups is 2. The predicted octanol–water partition coefficient (Wildman–Crippen LogP) is 3.59. The van der Waals surface area contributed by atoms with Crippen molar-refractivity contribution in [2.24, 2.45) is 11.8 Å². The Morgan fingerprint density at radius 2 is 1.63 bits per heavy atom. The number of likely N-dealkylation sites (tertiary alicyclic amines) is 2. The molecule has 0 spiro atoms. The molecule has 0 aliphatic carbocycles. The van der Waals surface area contributed by atoms with E-state index < -0.39 is 0 Å². The number of nitrogens with zero attached hydrogens (tertiary/aromatic N) is 2. The third-order valence-electron chi connectivity index (χ3n) is 5.53. The summed E-state index contributed by atoms with van der Waals surface area (Å²) < 4.78 is 5.94. The number of hydrogen-bond donors (Lipinski definition) is 0. The highest BCUT2D eigenvalue weighted by Gasteiger charge is 2.24. The van der Waals surface area contributed by atoms with E-state index in [1.165, 1.54) is 0 Å². The van der Waals surface area contributed by atoms with E-state index in [-0.39, 0.29) is 11.8 Å². The second-order valence-corrected chi connectivity index (χ2v) is 8.26. The lowest BCUT2D eigenvalue weighted by Gasteiger charge is -2.32. The highest BCUT2D eigenvalue weighted by molar-refractivity contribution is 5.94. The SMILES string of the molecule is CC(C)CC(=O)N1CCC(COc2ccc(C(=O)N3CCCC3)cc2)CC1. The van der Waals surface area contributed by atoms with E-state index in [0.717, 1.165) is 63.2 Å².